The van der Waals surface area contributed by atoms with Crippen molar-refractivity contribution >= 4 is 13.8 Å². The first-order chi connectivity index (χ1) is 7.97. The lowest BCUT2D eigenvalue weighted by Gasteiger charge is -2.26. The van der Waals surface area contributed by atoms with Crippen LogP contribution in [0.1, 0.15) is 0 Å². The molecule has 0 saturated carbocycles. The molecular formula is C4B2F12O. The van der Waals surface area contributed by atoms with Gasteiger partial charge in [-0.05, 0) is 0 Å². The molecule has 0 unspecified atom stereocenters. The molecule has 0 aliphatic rings. The van der Waals surface area contributed by atoms with Crippen LogP contribution in [0.15, 0.2) is 0 Å². The van der Waals surface area contributed by atoms with Crippen molar-refractivity contribution in [3.05, 3.63) is 0 Å². The minimum atomic E-state index is -6.48. The average molecular weight is 314 g/mol. The topological polar surface area (TPSA) is 9.23 Å². The van der Waals surface area contributed by atoms with Gasteiger partial charge in [0.1, 0.15) is 0 Å². The maximum Gasteiger partial charge on any atom is 0.527 e. The minimum absolute atomic E-state index is 2.21. The fraction of sp³-hybridized carbons (Fsp3) is 1.00. The Balaban J connectivity index is 5.43. The van der Waals surface area contributed by atoms with Crippen molar-refractivity contribution in [2.75, 3.05) is 0 Å². The van der Waals surface area contributed by atoms with Gasteiger partial charge in [-0.1, -0.05) is 0 Å². The monoisotopic (exact) mass is 314 g/mol. The molecule has 0 aromatic heterocycles. The molecule has 0 aromatic carbocycles. The predicted octanol–water partition coefficient (Wildman–Crippen LogP) is 3.39. The van der Waals surface area contributed by atoms with Crippen LogP contribution in [0.4, 0.5) is 52.7 Å². The second-order valence-corrected chi connectivity index (χ2v) is 3.06. The molecule has 15 heteroatoms. The molecule has 0 heterocycles. The summed E-state index contributed by atoms with van der Waals surface area (Å²) in [4.78, 5) is 0. The molecule has 0 rings (SSSR count). The Kier molecular flexibility index (Phi) is 4.78. The van der Waals surface area contributed by atoms with E-state index in [4.69, 9.17) is 0 Å². The van der Waals surface area contributed by atoms with Gasteiger partial charge in [0.25, 0.3) is 0 Å². The number of hydrogen-bond acceptors (Lipinski definition) is 1. The lowest BCUT2D eigenvalue weighted by molar-refractivity contribution is -0.137. The number of alkyl halides is 12. The molecule has 0 spiro atoms. The fourth-order valence-electron chi connectivity index (χ4n) is 0.816. The molecule has 0 fully saturated rings. The van der Waals surface area contributed by atoms with Crippen molar-refractivity contribution in [2.45, 2.75) is 24.3 Å². The van der Waals surface area contributed by atoms with E-state index < -0.39 is 38.1 Å². The molecule has 0 saturated heterocycles. The van der Waals surface area contributed by atoms with E-state index in [2.05, 4.69) is 4.57 Å². The van der Waals surface area contributed by atoms with Gasteiger partial charge in [-0.3, -0.25) is 0 Å². The first-order valence-corrected chi connectivity index (χ1v) is 3.89. The number of hydrogen-bond donors (Lipinski definition) is 0. The van der Waals surface area contributed by atoms with Gasteiger partial charge < -0.3 is 4.57 Å². The Morgan fingerprint density at radius 1 is 0.421 bits per heavy atom. The second-order valence-electron chi connectivity index (χ2n) is 3.06. The summed E-state index contributed by atoms with van der Waals surface area (Å²) in [6.45, 7) is -10.4. The molecule has 0 amide bonds. The zero-order chi connectivity index (χ0) is 15.9. The van der Waals surface area contributed by atoms with E-state index in [0.29, 0.717) is 0 Å². The Morgan fingerprint density at radius 2 is 0.579 bits per heavy atom. The molecule has 0 aromatic rings. The van der Waals surface area contributed by atoms with Crippen LogP contribution in [-0.2, 0) is 4.57 Å². The summed E-state index contributed by atoms with van der Waals surface area (Å²) in [5, 5.41) is 0. The molecule has 0 radical (unpaired) electrons. The molecule has 0 N–H and O–H groups in total. The largest absolute Gasteiger partial charge is 0.527 e. The third-order valence-electron chi connectivity index (χ3n) is 1.46. The molecule has 112 valence electrons. The summed E-state index contributed by atoms with van der Waals surface area (Å²) < 4.78 is 143. The Labute approximate surface area is 96.6 Å². The third-order valence-corrected chi connectivity index (χ3v) is 1.46. The fourth-order valence-corrected chi connectivity index (χ4v) is 0.816. The van der Waals surface area contributed by atoms with Crippen LogP contribution < -0.4 is 0 Å². The molecular weight excluding hydrogens is 314 g/mol. The zero-order valence-corrected chi connectivity index (χ0v) is 8.10. The average Bonchev–Trinajstić information content (AvgIpc) is 1.91. The van der Waals surface area contributed by atoms with Crippen LogP contribution in [0.25, 0.3) is 0 Å². The van der Waals surface area contributed by atoms with Gasteiger partial charge in [-0.15, -0.1) is 0 Å². The second kappa shape index (κ2) is 4.98. The summed E-state index contributed by atoms with van der Waals surface area (Å²) in [6, 6.07) is 0. The van der Waals surface area contributed by atoms with Gasteiger partial charge in [0.2, 0.25) is 0 Å². The molecule has 0 bridgehead atoms. The van der Waals surface area contributed by atoms with E-state index in [9.17, 15) is 52.7 Å². The van der Waals surface area contributed by atoms with Crippen LogP contribution in [0.3, 0.4) is 0 Å². The molecule has 0 aliphatic carbocycles. The van der Waals surface area contributed by atoms with Crippen molar-refractivity contribution in [3.8, 4) is 0 Å². The first-order valence-electron chi connectivity index (χ1n) is 3.89. The molecule has 1 nitrogen and oxygen atoms in total. The smallest absolute Gasteiger partial charge is 0.472 e. The highest BCUT2D eigenvalue weighted by Crippen LogP contribution is 2.38. The normalized spacial score (nSPS) is 14.5. The molecule has 0 aliphatic heterocycles. The van der Waals surface area contributed by atoms with Crippen LogP contribution in [0, 0.1) is 0 Å². The third kappa shape index (κ3) is 5.40. The van der Waals surface area contributed by atoms with Crippen molar-refractivity contribution < 1.29 is 57.3 Å². The number of halogens is 12. The van der Waals surface area contributed by atoms with Gasteiger partial charge in [0, 0.05) is 0 Å². The zero-order valence-electron chi connectivity index (χ0n) is 8.10. The Morgan fingerprint density at radius 3 is 0.684 bits per heavy atom. The Bertz CT molecular complexity index is 239. The van der Waals surface area contributed by atoms with Crippen molar-refractivity contribution in [2.24, 2.45) is 0 Å². The maximum absolute atomic E-state index is 11.8. The summed E-state index contributed by atoms with van der Waals surface area (Å²) in [5.74, 6) is 0. The standard InChI is InChI=1S/C4B2F12O/c7-1(8,9)5(2(10,11)12)19-6(3(13,14)15)4(16,17)18. The van der Waals surface area contributed by atoms with Crippen LogP contribution in [0.2, 0.25) is 0 Å². The van der Waals surface area contributed by atoms with Gasteiger partial charge >= 0.3 is 38.1 Å². The van der Waals surface area contributed by atoms with Crippen molar-refractivity contribution in [1.82, 2.24) is 0 Å². The SMILES string of the molecule is FC(F)(F)B(OB(C(F)(F)F)C(F)(F)F)C(F)(F)F. The van der Waals surface area contributed by atoms with E-state index in [0.717, 1.165) is 0 Å². The summed E-state index contributed by atoms with van der Waals surface area (Å²) in [6.07, 6.45) is -25.9. The quantitative estimate of drug-likeness (QED) is 0.561. The summed E-state index contributed by atoms with van der Waals surface area (Å²) >= 11 is 0. The predicted molar refractivity (Wildman–Crippen MR) is 36.8 cm³/mol. The van der Waals surface area contributed by atoms with Crippen molar-refractivity contribution in [3.63, 3.8) is 0 Å². The van der Waals surface area contributed by atoms with Crippen LogP contribution in [0.5, 0.6) is 0 Å². The summed E-state index contributed by atoms with van der Waals surface area (Å²) in [7, 11) is 0. The van der Waals surface area contributed by atoms with Gasteiger partial charge in [-0.25, -0.2) is 0 Å². The van der Waals surface area contributed by atoms with Gasteiger partial charge in [0.15, 0.2) is 0 Å². The van der Waals surface area contributed by atoms with E-state index in [1.807, 2.05) is 0 Å². The van der Waals surface area contributed by atoms with Crippen molar-refractivity contribution in [1.29, 1.82) is 0 Å². The van der Waals surface area contributed by atoms with E-state index in [-0.39, 0.29) is 0 Å². The highest BCUT2D eigenvalue weighted by Gasteiger charge is 2.72. The van der Waals surface area contributed by atoms with E-state index >= 15 is 0 Å². The van der Waals surface area contributed by atoms with Gasteiger partial charge in [0.05, 0.1) is 0 Å². The van der Waals surface area contributed by atoms with Crippen LogP contribution >= 0.6 is 0 Å². The molecule has 19 heavy (non-hydrogen) atoms. The van der Waals surface area contributed by atoms with E-state index in [1.165, 1.54) is 0 Å². The number of rotatable bonds is 2. The minimum Gasteiger partial charge on any atom is -0.472 e. The highest BCUT2D eigenvalue weighted by molar-refractivity contribution is 6.70. The lowest BCUT2D eigenvalue weighted by atomic mass is 9.56. The molecule has 0 atom stereocenters. The maximum atomic E-state index is 11.8. The van der Waals surface area contributed by atoms with Crippen LogP contribution in [-0.4, -0.2) is 38.1 Å². The lowest BCUT2D eigenvalue weighted by Crippen LogP contribution is -2.60. The summed E-state index contributed by atoms with van der Waals surface area (Å²) in [5.41, 5.74) is 0. The van der Waals surface area contributed by atoms with E-state index in [1.54, 1.807) is 0 Å². The van der Waals surface area contributed by atoms with Gasteiger partial charge in [-0.2, -0.15) is 52.7 Å². The first kappa shape index (κ1) is 18.2. The highest BCUT2D eigenvalue weighted by atomic mass is 19.4. The Hall–Kier alpha value is -0.750.